The van der Waals surface area contributed by atoms with Gasteiger partial charge in [0.1, 0.15) is 22.9 Å². The Labute approximate surface area is 169 Å². The molecule has 4 rings (SSSR count). The summed E-state index contributed by atoms with van der Waals surface area (Å²) >= 11 is 5.91. The molecule has 0 saturated carbocycles. The Morgan fingerprint density at radius 2 is 1.89 bits per heavy atom. The molecular formula is C19H16B2ClFN4O. The number of aromatic nitrogens is 4. The van der Waals surface area contributed by atoms with Gasteiger partial charge in [-0.05, 0) is 50.3 Å². The quantitative estimate of drug-likeness (QED) is 0.626. The summed E-state index contributed by atoms with van der Waals surface area (Å²) < 4.78 is 20.1. The largest absolute Gasteiger partial charge is 0.394 e. The molecule has 1 fully saturated rings. The minimum absolute atomic E-state index is 0.134. The summed E-state index contributed by atoms with van der Waals surface area (Å²) in [6.07, 6.45) is 1.00. The van der Waals surface area contributed by atoms with Gasteiger partial charge in [-0.15, -0.1) is 0 Å². The van der Waals surface area contributed by atoms with Crippen molar-refractivity contribution in [2.24, 2.45) is 0 Å². The third kappa shape index (κ3) is 3.63. The van der Waals surface area contributed by atoms with Crippen LogP contribution in [-0.2, 0) is 4.74 Å². The molecule has 0 spiro atoms. The zero-order valence-electron chi connectivity index (χ0n) is 15.5. The Balaban J connectivity index is 1.94. The van der Waals surface area contributed by atoms with E-state index in [1.54, 1.807) is 12.1 Å². The lowest BCUT2D eigenvalue weighted by molar-refractivity contribution is 0.0267. The van der Waals surface area contributed by atoms with Crippen LogP contribution in [-0.4, -0.2) is 47.6 Å². The van der Waals surface area contributed by atoms with Crippen molar-refractivity contribution in [3.05, 3.63) is 46.3 Å². The van der Waals surface area contributed by atoms with Crippen molar-refractivity contribution in [3.8, 4) is 11.3 Å². The molecule has 138 valence electrons. The van der Waals surface area contributed by atoms with Crippen molar-refractivity contribution in [2.75, 3.05) is 6.61 Å². The van der Waals surface area contributed by atoms with Crippen molar-refractivity contribution in [3.63, 3.8) is 0 Å². The van der Waals surface area contributed by atoms with E-state index in [1.165, 1.54) is 6.07 Å². The molecule has 3 aromatic rings. The van der Waals surface area contributed by atoms with E-state index in [4.69, 9.17) is 32.0 Å². The summed E-state index contributed by atoms with van der Waals surface area (Å²) in [6, 6.07) is 4.44. The standard InChI is InChI=1S/C19H16B2ClFN4O/c1-9-10(2)25-18-16(24-9)15(13-4-3-12(22)7-14(13)23)26-17(27-18)11-5-6-28-19(20,21)8-11/h3-4,7,11H,5-6,8H2,1-2H3. The second kappa shape index (κ2) is 7.08. The van der Waals surface area contributed by atoms with Crippen LogP contribution in [0, 0.1) is 19.7 Å². The third-order valence-electron chi connectivity index (χ3n) is 4.91. The monoisotopic (exact) mass is 392 g/mol. The second-order valence-electron chi connectivity index (χ2n) is 7.11. The van der Waals surface area contributed by atoms with Crippen LogP contribution in [0.5, 0.6) is 0 Å². The number of rotatable bonds is 2. The van der Waals surface area contributed by atoms with Crippen molar-refractivity contribution >= 4 is 38.5 Å². The van der Waals surface area contributed by atoms with E-state index < -0.39 is 11.2 Å². The Hall–Kier alpha value is -2.05. The first-order valence-electron chi connectivity index (χ1n) is 8.93. The molecule has 0 amide bonds. The second-order valence-corrected chi connectivity index (χ2v) is 7.55. The molecule has 2 aromatic heterocycles. The van der Waals surface area contributed by atoms with Crippen LogP contribution in [0.2, 0.25) is 5.02 Å². The summed E-state index contributed by atoms with van der Waals surface area (Å²) in [7, 11) is 11.9. The maximum Gasteiger partial charge on any atom is 0.182 e. The average Bonchev–Trinajstić information content (AvgIpc) is 2.61. The zero-order valence-corrected chi connectivity index (χ0v) is 16.3. The number of benzene rings is 1. The molecular weight excluding hydrogens is 376 g/mol. The summed E-state index contributed by atoms with van der Waals surface area (Å²) in [5, 5.41) is -0.944. The van der Waals surface area contributed by atoms with E-state index in [0.717, 1.165) is 11.4 Å². The fraction of sp³-hybridized carbons (Fsp3) is 0.368. The highest BCUT2D eigenvalue weighted by molar-refractivity contribution is 6.39. The molecule has 28 heavy (non-hydrogen) atoms. The predicted octanol–water partition coefficient (Wildman–Crippen LogP) is 3.38. The van der Waals surface area contributed by atoms with Gasteiger partial charge < -0.3 is 4.74 Å². The smallest absolute Gasteiger partial charge is 0.182 e. The van der Waals surface area contributed by atoms with E-state index in [-0.39, 0.29) is 11.5 Å². The van der Waals surface area contributed by atoms with E-state index in [9.17, 15) is 4.39 Å². The number of ether oxygens (including phenoxy) is 1. The highest BCUT2D eigenvalue weighted by atomic mass is 35.5. The molecule has 9 heteroatoms. The Morgan fingerprint density at radius 1 is 1.14 bits per heavy atom. The van der Waals surface area contributed by atoms with Crippen LogP contribution >= 0.6 is 11.6 Å². The summed E-state index contributed by atoms with van der Waals surface area (Å²) in [5.74, 6) is -0.124. The summed E-state index contributed by atoms with van der Waals surface area (Å²) in [5.41, 5.74) is 2.98. The summed E-state index contributed by atoms with van der Waals surface area (Å²) in [6.45, 7) is 4.08. The maximum absolute atomic E-state index is 14.7. The zero-order chi connectivity index (χ0) is 20.1. The number of halogens is 2. The Bertz CT molecular complexity index is 1080. The number of hydrogen-bond acceptors (Lipinski definition) is 5. The minimum atomic E-state index is -1.25. The Morgan fingerprint density at radius 3 is 2.61 bits per heavy atom. The van der Waals surface area contributed by atoms with Gasteiger partial charge in [-0.25, -0.2) is 24.3 Å². The van der Waals surface area contributed by atoms with Gasteiger partial charge in [-0.2, -0.15) is 0 Å². The molecule has 0 aliphatic carbocycles. The number of aryl methyl sites for hydroxylation is 2. The van der Waals surface area contributed by atoms with Gasteiger partial charge >= 0.3 is 0 Å². The summed E-state index contributed by atoms with van der Waals surface area (Å²) in [4.78, 5) is 18.4. The molecule has 1 aliphatic rings. The third-order valence-corrected chi connectivity index (χ3v) is 5.15. The Kier molecular flexibility index (Phi) is 4.88. The number of hydrogen-bond donors (Lipinski definition) is 0. The molecule has 0 N–H and O–H groups in total. The van der Waals surface area contributed by atoms with E-state index in [2.05, 4.69) is 19.9 Å². The molecule has 3 heterocycles. The fourth-order valence-corrected chi connectivity index (χ4v) is 3.50. The van der Waals surface area contributed by atoms with Crippen molar-refractivity contribution in [1.82, 2.24) is 19.9 Å². The molecule has 0 bridgehead atoms. The minimum Gasteiger partial charge on any atom is -0.394 e. The van der Waals surface area contributed by atoms with Gasteiger partial charge in [0, 0.05) is 23.1 Å². The van der Waals surface area contributed by atoms with Crippen LogP contribution < -0.4 is 0 Å². The van der Waals surface area contributed by atoms with Gasteiger partial charge in [0.25, 0.3) is 0 Å². The van der Waals surface area contributed by atoms with E-state index in [1.807, 2.05) is 13.8 Å². The van der Waals surface area contributed by atoms with Gasteiger partial charge in [-0.1, -0.05) is 11.6 Å². The van der Waals surface area contributed by atoms with Crippen LogP contribution in [0.3, 0.4) is 0 Å². The predicted molar refractivity (Wildman–Crippen MR) is 107 cm³/mol. The van der Waals surface area contributed by atoms with Crippen LogP contribution in [0.1, 0.15) is 36.0 Å². The van der Waals surface area contributed by atoms with Crippen molar-refractivity contribution < 1.29 is 9.13 Å². The number of nitrogens with zero attached hydrogens (tertiary/aromatic N) is 4. The molecule has 1 saturated heterocycles. The van der Waals surface area contributed by atoms with Crippen LogP contribution in [0.25, 0.3) is 22.4 Å². The molecule has 1 atom stereocenters. The fourth-order valence-electron chi connectivity index (χ4n) is 3.34. The van der Waals surface area contributed by atoms with Gasteiger partial charge in [-0.3, -0.25) is 0 Å². The van der Waals surface area contributed by atoms with E-state index in [0.29, 0.717) is 47.2 Å². The van der Waals surface area contributed by atoms with E-state index >= 15 is 0 Å². The van der Waals surface area contributed by atoms with Crippen LogP contribution in [0.15, 0.2) is 18.2 Å². The first-order valence-corrected chi connectivity index (χ1v) is 9.31. The lowest BCUT2D eigenvalue weighted by Crippen LogP contribution is -2.40. The van der Waals surface area contributed by atoms with Crippen LogP contribution in [0.4, 0.5) is 4.39 Å². The number of fused-ring (bicyclic) bond motifs is 1. The van der Waals surface area contributed by atoms with Gasteiger partial charge in [0.05, 0.1) is 27.1 Å². The normalized spacial score (nSPS) is 19.1. The first kappa shape index (κ1) is 19.3. The molecule has 1 aliphatic heterocycles. The maximum atomic E-state index is 14.7. The molecule has 1 aromatic carbocycles. The highest BCUT2D eigenvalue weighted by Crippen LogP contribution is 2.35. The topological polar surface area (TPSA) is 60.8 Å². The average molecular weight is 392 g/mol. The lowest BCUT2D eigenvalue weighted by atomic mass is 9.59. The highest BCUT2D eigenvalue weighted by Gasteiger charge is 2.31. The van der Waals surface area contributed by atoms with Gasteiger partial charge in [0.15, 0.2) is 5.65 Å². The molecule has 4 radical (unpaired) electrons. The first-order chi connectivity index (χ1) is 13.2. The molecule has 1 unspecified atom stereocenters. The van der Waals surface area contributed by atoms with Crippen molar-refractivity contribution in [1.29, 1.82) is 0 Å². The lowest BCUT2D eigenvalue weighted by Gasteiger charge is -2.36. The SMILES string of the molecule is [B]C1([B])CC(c2nc(-c3ccc(Cl)cc3F)c3nc(C)c(C)nc3n2)CCO1. The van der Waals surface area contributed by atoms with Gasteiger partial charge in [0.2, 0.25) is 0 Å². The van der Waals surface area contributed by atoms with Crippen molar-refractivity contribution in [2.45, 2.75) is 38.0 Å². The molecule has 5 nitrogen and oxygen atoms in total.